The predicted molar refractivity (Wildman–Crippen MR) is 117 cm³/mol. The van der Waals surface area contributed by atoms with Gasteiger partial charge in [-0.2, -0.15) is 0 Å². The summed E-state index contributed by atoms with van der Waals surface area (Å²) in [5.41, 5.74) is 0.814. The fraction of sp³-hybridized carbons (Fsp3) is 0.429. The number of hydrogen-bond acceptors (Lipinski definition) is 4. The number of hydrogen-bond donors (Lipinski definition) is 4. The average Bonchev–Trinajstić information content (AvgIpc) is 3.20. The van der Waals surface area contributed by atoms with Gasteiger partial charge in [0, 0.05) is 23.5 Å². The second-order valence-electron chi connectivity index (χ2n) is 6.80. The van der Waals surface area contributed by atoms with Crippen LogP contribution in [0.15, 0.2) is 46.8 Å². The van der Waals surface area contributed by atoms with Gasteiger partial charge in [-0.05, 0) is 49.4 Å². The highest BCUT2D eigenvalue weighted by atomic mass is 32.1. The lowest BCUT2D eigenvalue weighted by Crippen LogP contribution is -2.44. The number of nitrogens with one attached hydrogen (secondary N) is 3. The normalized spacial score (nSPS) is 13.6. The third-order valence-corrected chi connectivity index (χ3v) is 5.23. The molecule has 6 nitrogen and oxygen atoms in total. The lowest BCUT2D eigenvalue weighted by atomic mass is 10.1. The Morgan fingerprint density at radius 2 is 2.04 bits per heavy atom. The van der Waals surface area contributed by atoms with Gasteiger partial charge in [-0.1, -0.05) is 25.1 Å². The molecular weight excluding hydrogens is 372 g/mol. The molecule has 2 rings (SSSR count). The third-order valence-electron chi connectivity index (χ3n) is 4.10. The summed E-state index contributed by atoms with van der Waals surface area (Å²) >= 11 is 1.53. The van der Waals surface area contributed by atoms with Gasteiger partial charge in [0.05, 0.1) is 13.1 Å². The molecule has 0 radical (unpaired) electrons. The number of anilines is 1. The highest BCUT2D eigenvalue weighted by Gasteiger charge is 2.24. The number of aliphatic imine (C=N–C) groups is 1. The van der Waals surface area contributed by atoms with Crippen molar-refractivity contribution in [1.29, 1.82) is 0 Å². The highest BCUT2D eigenvalue weighted by Crippen LogP contribution is 2.24. The first kappa shape index (κ1) is 21.9. The van der Waals surface area contributed by atoms with Crippen molar-refractivity contribution < 1.29 is 9.90 Å². The molecule has 0 fully saturated rings. The van der Waals surface area contributed by atoms with Gasteiger partial charge in [-0.25, -0.2) is 4.99 Å². The van der Waals surface area contributed by atoms with Crippen LogP contribution in [0.2, 0.25) is 0 Å². The van der Waals surface area contributed by atoms with E-state index in [0.717, 1.165) is 29.1 Å². The first-order chi connectivity index (χ1) is 13.4. The quantitative estimate of drug-likeness (QED) is 0.382. The van der Waals surface area contributed by atoms with Gasteiger partial charge in [0.2, 0.25) is 5.91 Å². The van der Waals surface area contributed by atoms with Crippen molar-refractivity contribution in [2.45, 2.75) is 45.8 Å². The van der Waals surface area contributed by atoms with Gasteiger partial charge in [-0.15, -0.1) is 11.3 Å². The molecule has 152 valence electrons. The summed E-state index contributed by atoms with van der Waals surface area (Å²) in [6.07, 6.45) is 1.34. The molecule has 2 aromatic rings. The van der Waals surface area contributed by atoms with E-state index in [2.05, 4.69) is 20.9 Å². The summed E-state index contributed by atoms with van der Waals surface area (Å²) in [7, 11) is 0. The zero-order chi connectivity index (χ0) is 20.4. The van der Waals surface area contributed by atoms with Crippen LogP contribution >= 0.6 is 11.3 Å². The van der Waals surface area contributed by atoms with E-state index < -0.39 is 5.60 Å². The smallest absolute Gasteiger partial charge is 0.224 e. The Hall–Kier alpha value is -2.38. The van der Waals surface area contributed by atoms with Gasteiger partial charge >= 0.3 is 0 Å². The molecule has 1 amide bonds. The number of thiophene rings is 1. The second-order valence-corrected chi connectivity index (χ2v) is 7.75. The van der Waals surface area contributed by atoms with Crippen LogP contribution in [-0.2, 0) is 16.9 Å². The number of carbonyl (C=O) groups excluding carboxylic acids is 1. The van der Waals surface area contributed by atoms with Crippen molar-refractivity contribution in [3.05, 3.63) is 52.2 Å². The van der Waals surface area contributed by atoms with Crippen molar-refractivity contribution in [3.63, 3.8) is 0 Å². The van der Waals surface area contributed by atoms with Crippen LogP contribution in [0.1, 0.15) is 44.1 Å². The van der Waals surface area contributed by atoms with E-state index >= 15 is 0 Å². The Morgan fingerprint density at radius 3 is 2.71 bits per heavy atom. The Balaban J connectivity index is 1.99. The monoisotopic (exact) mass is 402 g/mol. The Bertz CT molecular complexity index is 772. The first-order valence-electron chi connectivity index (χ1n) is 9.62. The molecule has 7 heteroatoms. The fourth-order valence-electron chi connectivity index (χ4n) is 2.64. The van der Waals surface area contributed by atoms with Gasteiger partial charge in [0.15, 0.2) is 5.96 Å². The minimum atomic E-state index is -0.964. The zero-order valence-electron chi connectivity index (χ0n) is 16.8. The maximum absolute atomic E-state index is 11.8. The molecule has 4 N–H and O–H groups in total. The van der Waals surface area contributed by atoms with Gasteiger partial charge in [0.1, 0.15) is 5.60 Å². The van der Waals surface area contributed by atoms with E-state index in [-0.39, 0.29) is 5.91 Å². The van der Waals surface area contributed by atoms with Gasteiger partial charge in [-0.3, -0.25) is 4.79 Å². The molecule has 0 saturated carbocycles. The maximum atomic E-state index is 11.8. The summed E-state index contributed by atoms with van der Waals surface area (Å²) in [6, 6.07) is 11.6. The Kier molecular flexibility index (Phi) is 8.47. The molecule has 0 saturated heterocycles. The number of carbonyl (C=O) groups is 1. The minimum absolute atomic E-state index is 0.0222. The summed E-state index contributed by atoms with van der Waals surface area (Å²) < 4.78 is 0. The Morgan fingerprint density at radius 1 is 1.21 bits per heavy atom. The molecular formula is C21H30N4O2S. The van der Waals surface area contributed by atoms with Gasteiger partial charge in [0.25, 0.3) is 0 Å². The summed E-state index contributed by atoms with van der Waals surface area (Å²) in [5.74, 6) is 0.661. The molecule has 0 aliphatic carbocycles. The molecule has 0 aliphatic heterocycles. The fourth-order valence-corrected chi connectivity index (χ4v) is 3.42. The number of rotatable bonds is 9. The Labute approximate surface area is 171 Å². The molecule has 0 spiro atoms. The van der Waals surface area contributed by atoms with E-state index in [1.165, 1.54) is 11.3 Å². The number of aliphatic hydroxyl groups is 1. The number of amides is 1. The molecule has 28 heavy (non-hydrogen) atoms. The van der Waals surface area contributed by atoms with E-state index in [9.17, 15) is 9.90 Å². The molecule has 0 bridgehead atoms. The highest BCUT2D eigenvalue weighted by molar-refractivity contribution is 7.10. The second kappa shape index (κ2) is 10.8. The van der Waals surface area contributed by atoms with Crippen LogP contribution in [0.25, 0.3) is 0 Å². The predicted octanol–water partition coefficient (Wildman–Crippen LogP) is 3.45. The summed E-state index contributed by atoms with van der Waals surface area (Å²) in [6.45, 7) is 7.31. The molecule has 1 unspecified atom stereocenters. The van der Waals surface area contributed by atoms with Crippen LogP contribution in [0.3, 0.4) is 0 Å². The summed E-state index contributed by atoms with van der Waals surface area (Å²) in [4.78, 5) is 17.3. The molecule has 1 aromatic carbocycles. The van der Waals surface area contributed by atoms with Crippen molar-refractivity contribution in [1.82, 2.24) is 10.6 Å². The van der Waals surface area contributed by atoms with E-state index in [1.807, 2.05) is 55.6 Å². The lowest BCUT2D eigenvalue weighted by molar-refractivity contribution is -0.116. The molecule has 1 heterocycles. The van der Waals surface area contributed by atoms with Crippen LogP contribution in [-0.4, -0.2) is 30.1 Å². The third kappa shape index (κ3) is 6.98. The SMILES string of the molecule is CCCC(=O)Nc1cccc(CN=C(NCC)NCC(C)(O)c2cccs2)c1. The standard InChI is InChI=1S/C21H30N4O2S/c1-4-8-19(26)25-17-10-6-9-16(13-17)14-23-20(22-5-2)24-15-21(3,27)18-11-7-12-28-18/h6-7,9-13,27H,4-5,8,14-15H2,1-3H3,(H,25,26)(H2,22,23,24). The topological polar surface area (TPSA) is 85.8 Å². The van der Waals surface area contributed by atoms with Gasteiger partial charge < -0.3 is 21.1 Å². The van der Waals surface area contributed by atoms with Crippen molar-refractivity contribution in [3.8, 4) is 0 Å². The van der Waals surface area contributed by atoms with Crippen molar-refractivity contribution in [2.75, 3.05) is 18.4 Å². The number of benzene rings is 1. The van der Waals surface area contributed by atoms with E-state index in [1.54, 1.807) is 6.92 Å². The van der Waals surface area contributed by atoms with Crippen LogP contribution in [0.4, 0.5) is 5.69 Å². The largest absolute Gasteiger partial charge is 0.383 e. The van der Waals surface area contributed by atoms with Crippen LogP contribution in [0, 0.1) is 0 Å². The number of nitrogens with zero attached hydrogens (tertiary/aromatic N) is 1. The maximum Gasteiger partial charge on any atom is 0.224 e. The van der Waals surface area contributed by atoms with Crippen LogP contribution in [0.5, 0.6) is 0 Å². The van der Waals surface area contributed by atoms with Crippen molar-refractivity contribution in [2.24, 2.45) is 4.99 Å². The molecule has 0 aliphatic rings. The summed E-state index contributed by atoms with van der Waals surface area (Å²) in [5, 5.41) is 21.9. The van der Waals surface area contributed by atoms with E-state index in [4.69, 9.17) is 0 Å². The van der Waals surface area contributed by atoms with Crippen molar-refractivity contribution >= 4 is 28.9 Å². The molecule has 1 aromatic heterocycles. The average molecular weight is 403 g/mol. The lowest BCUT2D eigenvalue weighted by Gasteiger charge is -2.23. The molecule has 1 atom stereocenters. The minimum Gasteiger partial charge on any atom is -0.383 e. The van der Waals surface area contributed by atoms with E-state index in [0.29, 0.717) is 25.5 Å². The number of guanidine groups is 1. The first-order valence-corrected chi connectivity index (χ1v) is 10.5. The zero-order valence-corrected chi connectivity index (χ0v) is 17.6. The van der Waals surface area contributed by atoms with Crippen LogP contribution < -0.4 is 16.0 Å².